The molecule has 0 saturated heterocycles. The van der Waals surface area contributed by atoms with E-state index in [-0.39, 0.29) is 6.61 Å². The molecule has 5 nitrogen and oxygen atoms in total. The fourth-order valence-corrected chi connectivity index (χ4v) is 1.58. The van der Waals surface area contributed by atoms with Crippen LogP contribution < -0.4 is 0 Å². The Bertz CT molecular complexity index is 446. The van der Waals surface area contributed by atoms with Crippen LogP contribution in [-0.2, 0) is 23.8 Å². The van der Waals surface area contributed by atoms with Gasteiger partial charge in [-0.15, -0.1) is 0 Å². The summed E-state index contributed by atoms with van der Waals surface area (Å²) in [5.41, 5.74) is 0.448. The molecule has 0 aliphatic rings. The van der Waals surface area contributed by atoms with Crippen LogP contribution in [0.5, 0.6) is 0 Å². The van der Waals surface area contributed by atoms with E-state index >= 15 is 0 Å². The molecule has 0 fully saturated rings. The summed E-state index contributed by atoms with van der Waals surface area (Å²) in [6.45, 7) is 1.92. The van der Waals surface area contributed by atoms with Crippen molar-refractivity contribution in [3.63, 3.8) is 0 Å². The molecule has 0 spiro atoms. The number of carbonyl (C=O) groups is 2. The molecule has 104 valence electrons. The standard InChI is InChI=1S/C13H15ClO5/c1-3-18-8-11(15)19-12(13(16)17-2)9-5-4-6-10(14)7-9/h4-7,12H,3,8H2,1-2H3. The Morgan fingerprint density at radius 2 is 2.11 bits per heavy atom. The molecule has 0 aliphatic carbocycles. The summed E-state index contributed by atoms with van der Waals surface area (Å²) in [6.07, 6.45) is -1.14. The first-order valence-corrected chi connectivity index (χ1v) is 6.06. The van der Waals surface area contributed by atoms with Gasteiger partial charge in [0.2, 0.25) is 6.10 Å². The average molecular weight is 287 g/mol. The van der Waals surface area contributed by atoms with Crippen LogP contribution in [-0.4, -0.2) is 32.3 Å². The van der Waals surface area contributed by atoms with Gasteiger partial charge in [0.1, 0.15) is 6.61 Å². The summed E-state index contributed by atoms with van der Waals surface area (Å²) in [4.78, 5) is 23.2. The minimum absolute atomic E-state index is 0.218. The van der Waals surface area contributed by atoms with Crippen molar-refractivity contribution in [2.75, 3.05) is 20.3 Å². The zero-order valence-corrected chi connectivity index (χ0v) is 11.5. The van der Waals surface area contributed by atoms with E-state index in [4.69, 9.17) is 21.1 Å². The second-order valence-corrected chi connectivity index (χ2v) is 4.02. The van der Waals surface area contributed by atoms with Gasteiger partial charge in [-0.2, -0.15) is 0 Å². The number of ether oxygens (including phenoxy) is 3. The van der Waals surface area contributed by atoms with Crippen LogP contribution >= 0.6 is 11.6 Å². The maximum atomic E-state index is 11.6. The summed E-state index contributed by atoms with van der Waals surface area (Å²) < 4.78 is 14.6. The molecule has 0 N–H and O–H groups in total. The van der Waals surface area contributed by atoms with E-state index in [1.807, 2.05) is 0 Å². The van der Waals surface area contributed by atoms with Gasteiger partial charge in [0.15, 0.2) is 0 Å². The first kappa shape index (κ1) is 15.5. The molecule has 0 aromatic heterocycles. The Morgan fingerprint density at radius 1 is 1.37 bits per heavy atom. The molecule has 1 aromatic carbocycles. The van der Waals surface area contributed by atoms with Crippen LogP contribution in [0.1, 0.15) is 18.6 Å². The molecule has 0 bridgehead atoms. The molecule has 19 heavy (non-hydrogen) atoms. The highest BCUT2D eigenvalue weighted by Gasteiger charge is 2.26. The summed E-state index contributed by atoms with van der Waals surface area (Å²) in [5, 5.41) is 0.437. The zero-order chi connectivity index (χ0) is 14.3. The Morgan fingerprint density at radius 3 is 2.68 bits per heavy atom. The summed E-state index contributed by atoms with van der Waals surface area (Å²) in [5.74, 6) is -1.32. The number of methoxy groups -OCH3 is 1. The fourth-order valence-electron chi connectivity index (χ4n) is 1.38. The lowest BCUT2D eigenvalue weighted by Crippen LogP contribution is -2.23. The third-order valence-corrected chi connectivity index (χ3v) is 2.48. The van der Waals surface area contributed by atoms with Crippen LogP contribution in [0.25, 0.3) is 0 Å². The van der Waals surface area contributed by atoms with Crippen molar-refractivity contribution in [1.29, 1.82) is 0 Å². The number of hydrogen-bond donors (Lipinski definition) is 0. The van der Waals surface area contributed by atoms with Gasteiger partial charge >= 0.3 is 11.9 Å². The summed E-state index contributed by atoms with van der Waals surface area (Å²) >= 11 is 5.84. The Labute approximate surface area is 116 Å². The van der Waals surface area contributed by atoms with Crippen molar-refractivity contribution < 1.29 is 23.8 Å². The monoisotopic (exact) mass is 286 g/mol. The molecule has 6 heteroatoms. The van der Waals surface area contributed by atoms with Crippen LogP contribution in [0, 0.1) is 0 Å². The molecule has 1 rings (SSSR count). The molecule has 0 saturated carbocycles. The third kappa shape index (κ3) is 4.89. The van der Waals surface area contributed by atoms with Crippen LogP contribution in [0.4, 0.5) is 0 Å². The van der Waals surface area contributed by atoms with Crippen LogP contribution in [0.3, 0.4) is 0 Å². The van der Waals surface area contributed by atoms with Gasteiger partial charge < -0.3 is 14.2 Å². The quantitative estimate of drug-likeness (QED) is 0.750. The Hall–Kier alpha value is -1.59. The summed E-state index contributed by atoms with van der Waals surface area (Å²) in [7, 11) is 1.22. The van der Waals surface area contributed by atoms with E-state index in [1.165, 1.54) is 13.2 Å². The second-order valence-electron chi connectivity index (χ2n) is 3.59. The lowest BCUT2D eigenvalue weighted by Gasteiger charge is -2.16. The highest BCUT2D eigenvalue weighted by atomic mass is 35.5. The minimum Gasteiger partial charge on any atom is -0.466 e. The maximum Gasteiger partial charge on any atom is 0.351 e. The number of benzene rings is 1. The molecule has 0 heterocycles. The van der Waals surface area contributed by atoms with Crippen LogP contribution in [0.15, 0.2) is 24.3 Å². The summed E-state index contributed by atoms with van der Waals surface area (Å²) in [6, 6.07) is 6.48. The Kier molecular flexibility index (Phi) is 6.32. The molecule has 1 aromatic rings. The third-order valence-electron chi connectivity index (χ3n) is 2.24. The van der Waals surface area contributed by atoms with Crippen molar-refractivity contribution >= 4 is 23.5 Å². The number of hydrogen-bond acceptors (Lipinski definition) is 5. The molecule has 0 amide bonds. The lowest BCUT2D eigenvalue weighted by atomic mass is 10.1. The number of carbonyl (C=O) groups excluding carboxylic acids is 2. The number of esters is 2. The van der Waals surface area contributed by atoms with Gasteiger partial charge in [0.25, 0.3) is 0 Å². The average Bonchev–Trinajstić information content (AvgIpc) is 2.41. The molecular formula is C13H15ClO5. The molecule has 1 unspecified atom stereocenters. The molecule has 0 radical (unpaired) electrons. The van der Waals surface area contributed by atoms with Crippen molar-refractivity contribution in [2.45, 2.75) is 13.0 Å². The van der Waals surface area contributed by atoms with E-state index in [0.717, 1.165) is 0 Å². The van der Waals surface area contributed by atoms with Crippen molar-refractivity contribution in [1.82, 2.24) is 0 Å². The fraction of sp³-hybridized carbons (Fsp3) is 0.385. The largest absolute Gasteiger partial charge is 0.466 e. The highest BCUT2D eigenvalue weighted by Crippen LogP contribution is 2.22. The second kappa shape index (κ2) is 7.76. The first-order chi connectivity index (χ1) is 9.08. The van der Waals surface area contributed by atoms with E-state index in [0.29, 0.717) is 17.2 Å². The van der Waals surface area contributed by atoms with Gasteiger partial charge in [-0.25, -0.2) is 9.59 Å². The van der Waals surface area contributed by atoms with Crippen molar-refractivity contribution in [2.24, 2.45) is 0 Å². The normalized spacial score (nSPS) is 11.7. The predicted molar refractivity (Wildman–Crippen MR) is 68.8 cm³/mol. The zero-order valence-electron chi connectivity index (χ0n) is 10.7. The number of halogens is 1. The molecular weight excluding hydrogens is 272 g/mol. The minimum atomic E-state index is -1.14. The van der Waals surface area contributed by atoms with E-state index in [1.54, 1.807) is 25.1 Å². The highest BCUT2D eigenvalue weighted by molar-refractivity contribution is 6.30. The van der Waals surface area contributed by atoms with E-state index in [2.05, 4.69) is 4.74 Å². The first-order valence-electron chi connectivity index (χ1n) is 5.69. The number of rotatable bonds is 6. The topological polar surface area (TPSA) is 61.8 Å². The van der Waals surface area contributed by atoms with E-state index in [9.17, 15) is 9.59 Å². The van der Waals surface area contributed by atoms with Gasteiger partial charge in [0, 0.05) is 17.2 Å². The molecule has 1 atom stereocenters. The maximum absolute atomic E-state index is 11.6. The van der Waals surface area contributed by atoms with Crippen LogP contribution in [0.2, 0.25) is 5.02 Å². The van der Waals surface area contributed by atoms with Gasteiger partial charge in [0.05, 0.1) is 7.11 Å². The predicted octanol–water partition coefficient (Wildman–Crippen LogP) is 2.13. The SMILES string of the molecule is CCOCC(=O)OC(C(=O)OC)c1cccc(Cl)c1. The van der Waals surface area contributed by atoms with E-state index < -0.39 is 18.0 Å². The molecule has 0 aliphatic heterocycles. The van der Waals surface area contributed by atoms with Crippen molar-refractivity contribution in [3.8, 4) is 0 Å². The van der Waals surface area contributed by atoms with Crippen molar-refractivity contribution in [3.05, 3.63) is 34.9 Å². The Balaban J connectivity index is 2.84. The lowest BCUT2D eigenvalue weighted by molar-refractivity contribution is -0.169. The van der Waals surface area contributed by atoms with Gasteiger partial charge in [-0.1, -0.05) is 23.7 Å². The van der Waals surface area contributed by atoms with Gasteiger partial charge in [-0.3, -0.25) is 0 Å². The van der Waals surface area contributed by atoms with Gasteiger partial charge in [-0.05, 0) is 19.1 Å². The smallest absolute Gasteiger partial charge is 0.351 e.